The van der Waals surface area contributed by atoms with Crippen molar-refractivity contribution in [3.05, 3.63) is 59.9 Å². The van der Waals surface area contributed by atoms with Crippen LogP contribution in [0, 0.1) is 5.92 Å². The summed E-state index contributed by atoms with van der Waals surface area (Å²) in [5.41, 5.74) is 2.25. The number of likely N-dealkylation sites (tertiary alicyclic amines) is 1. The summed E-state index contributed by atoms with van der Waals surface area (Å²) in [7, 11) is 1.69. The molecule has 5 heteroatoms. The molecule has 0 spiro atoms. The molecule has 5 nitrogen and oxygen atoms in total. The number of aromatic nitrogens is 1. The van der Waals surface area contributed by atoms with Gasteiger partial charge in [-0.15, -0.1) is 0 Å². The normalized spacial score (nSPS) is 16.8. The Balaban J connectivity index is 1.59. The van der Waals surface area contributed by atoms with E-state index in [1.165, 1.54) is 5.56 Å². The van der Waals surface area contributed by atoms with E-state index >= 15 is 0 Å². The van der Waals surface area contributed by atoms with Gasteiger partial charge in [-0.25, -0.2) is 0 Å². The zero-order valence-corrected chi connectivity index (χ0v) is 15.5. The number of nitrogens with zero attached hydrogens (tertiary/aromatic N) is 2. The van der Waals surface area contributed by atoms with Crippen molar-refractivity contribution in [2.75, 3.05) is 20.2 Å². The lowest BCUT2D eigenvalue weighted by atomic mass is 9.87. The number of methoxy groups -OCH3 is 1. The highest BCUT2D eigenvalue weighted by Gasteiger charge is 2.29. The van der Waals surface area contributed by atoms with Crippen molar-refractivity contribution in [1.82, 2.24) is 15.2 Å². The Morgan fingerprint density at radius 3 is 2.54 bits per heavy atom. The van der Waals surface area contributed by atoms with Gasteiger partial charge in [0.2, 0.25) is 5.91 Å². The van der Waals surface area contributed by atoms with Gasteiger partial charge in [-0.2, -0.15) is 0 Å². The fraction of sp³-hybridized carbons (Fsp3) is 0.429. The number of ether oxygens (including phenoxy) is 1. The third kappa shape index (κ3) is 4.82. The van der Waals surface area contributed by atoms with Crippen LogP contribution < -0.4 is 10.1 Å². The summed E-state index contributed by atoms with van der Waals surface area (Å²) in [6.45, 7) is 4.58. The standard InChI is InChI=1S/C21H27N3O2/c1-16(25)23-21(20-5-3-4-12-22-20)18-10-13-24(14-11-18)15-17-6-8-19(26-2)9-7-17/h3-9,12,18,21H,10-11,13-15H2,1-2H3,(H,23,25)/t21-/m0/s1. The lowest BCUT2D eigenvalue weighted by Gasteiger charge is -2.36. The molecule has 2 aromatic rings. The third-order valence-electron chi connectivity index (χ3n) is 5.03. The number of carbonyl (C=O) groups is 1. The molecule has 1 aliphatic heterocycles. The molecule has 0 saturated carbocycles. The lowest BCUT2D eigenvalue weighted by Crippen LogP contribution is -2.40. The van der Waals surface area contributed by atoms with E-state index in [2.05, 4.69) is 27.3 Å². The predicted molar refractivity (Wildman–Crippen MR) is 102 cm³/mol. The van der Waals surface area contributed by atoms with Crippen LogP contribution in [-0.4, -0.2) is 36.0 Å². The van der Waals surface area contributed by atoms with Crippen molar-refractivity contribution >= 4 is 5.91 Å². The number of piperidine rings is 1. The number of nitrogens with one attached hydrogen (secondary N) is 1. The molecule has 0 aliphatic carbocycles. The fourth-order valence-electron chi connectivity index (χ4n) is 3.65. The van der Waals surface area contributed by atoms with Gasteiger partial charge in [-0.3, -0.25) is 14.7 Å². The molecule has 1 amide bonds. The smallest absolute Gasteiger partial charge is 0.217 e. The minimum atomic E-state index is -0.00293. The molecule has 0 radical (unpaired) electrons. The Morgan fingerprint density at radius 1 is 1.23 bits per heavy atom. The minimum Gasteiger partial charge on any atom is -0.497 e. The summed E-state index contributed by atoms with van der Waals surface area (Å²) in [4.78, 5) is 18.6. The second-order valence-electron chi connectivity index (χ2n) is 6.89. The van der Waals surface area contributed by atoms with Gasteiger partial charge in [-0.05, 0) is 61.7 Å². The quantitative estimate of drug-likeness (QED) is 0.867. The maximum absolute atomic E-state index is 11.7. The molecule has 138 valence electrons. The summed E-state index contributed by atoms with van der Waals surface area (Å²) in [6.07, 6.45) is 3.90. The first-order valence-electron chi connectivity index (χ1n) is 9.19. The molecule has 1 aromatic heterocycles. The molecule has 1 aliphatic rings. The largest absolute Gasteiger partial charge is 0.497 e. The Hall–Kier alpha value is -2.40. The van der Waals surface area contributed by atoms with Gasteiger partial charge < -0.3 is 10.1 Å². The van der Waals surface area contributed by atoms with Crippen molar-refractivity contribution < 1.29 is 9.53 Å². The van der Waals surface area contributed by atoms with Crippen molar-refractivity contribution in [3.8, 4) is 5.75 Å². The van der Waals surface area contributed by atoms with Crippen LogP contribution in [0.4, 0.5) is 0 Å². The number of carbonyl (C=O) groups excluding carboxylic acids is 1. The highest BCUT2D eigenvalue weighted by molar-refractivity contribution is 5.73. The van der Waals surface area contributed by atoms with Crippen LogP contribution in [0.15, 0.2) is 48.7 Å². The second-order valence-corrected chi connectivity index (χ2v) is 6.89. The van der Waals surface area contributed by atoms with E-state index < -0.39 is 0 Å². The van der Waals surface area contributed by atoms with Crippen LogP contribution in [0.25, 0.3) is 0 Å². The Kier molecular flexibility index (Phi) is 6.23. The number of hydrogen-bond donors (Lipinski definition) is 1. The SMILES string of the molecule is COc1ccc(CN2CCC([C@H](NC(C)=O)c3ccccn3)CC2)cc1. The molecule has 0 bridgehead atoms. The van der Waals surface area contributed by atoms with E-state index in [-0.39, 0.29) is 11.9 Å². The van der Waals surface area contributed by atoms with Gasteiger partial charge in [0.05, 0.1) is 18.8 Å². The zero-order chi connectivity index (χ0) is 18.4. The second kappa shape index (κ2) is 8.81. The molecule has 3 rings (SSSR count). The molecule has 1 saturated heterocycles. The van der Waals surface area contributed by atoms with Gasteiger partial charge in [0, 0.05) is 19.7 Å². The lowest BCUT2D eigenvalue weighted by molar-refractivity contribution is -0.120. The minimum absolute atomic E-state index is 0.00122. The number of hydrogen-bond acceptors (Lipinski definition) is 4. The summed E-state index contributed by atoms with van der Waals surface area (Å²) in [6, 6.07) is 14.2. The zero-order valence-electron chi connectivity index (χ0n) is 15.5. The van der Waals surface area contributed by atoms with Crippen molar-refractivity contribution in [2.45, 2.75) is 32.4 Å². The highest BCUT2D eigenvalue weighted by atomic mass is 16.5. The van der Waals surface area contributed by atoms with Crippen LogP contribution >= 0.6 is 0 Å². The summed E-state index contributed by atoms with van der Waals surface area (Å²) in [5, 5.41) is 3.11. The number of benzene rings is 1. The van der Waals surface area contributed by atoms with Crippen molar-refractivity contribution in [3.63, 3.8) is 0 Å². The Morgan fingerprint density at radius 2 is 1.96 bits per heavy atom. The third-order valence-corrected chi connectivity index (χ3v) is 5.03. The maximum atomic E-state index is 11.7. The van der Waals surface area contributed by atoms with Crippen molar-refractivity contribution in [2.24, 2.45) is 5.92 Å². The molecule has 2 heterocycles. The summed E-state index contributed by atoms with van der Waals surface area (Å²) in [5.74, 6) is 1.31. The summed E-state index contributed by atoms with van der Waals surface area (Å²) < 4.78 is 5.22. The van der Waals surface area contributed by atoms with Gasteiger partial charge in [0.15, 0.2) is 0 Å². The van der Waals surface area contributed by atoms with E-state index in [4.69, 9.17) is 4.74 Å². The Labute approximate surface area is 155 Å². The average Bonchev–Trinajstić information content (AvgIpc) is 2.68. The topological polar surface area (TPSA) is 54.5 Å². The van der Waals surface area contributed by atoms with Crippen LogP contribution in [0.1, 0.15) is 37.1 Å². The van der Waals surface area contributed by atoms with Crippen LogP contribution in [0.5, 0.6) is 5.75 Å². The fourth-order valence-corrected chi connectivity index (χ4v) is 3.65. The number of rotatable bonds is 6. The Bertz CT molecular complexity index is 695. The highest BCUT2D eigenvalue weighted by Crippen LogP contribution is 2.30. The van der Waals surface area contributed by atoms with E-state index in [0.717, 1.165) is 43.9 Å². The van der Waals surface area contributed by atoms with Gasteiger partial charge >= 0.3 is 0 Å². The van der Waals surface area contributed by atoms with E-state index in [1.807, 2.05) is 30.3 Å². The molecule has 1 aromatic carbocycles. The predicted octanol–water partition coefficient (Wildman–Crippen LogP) is 3.18. The molecule has 1 fully saturated rings. The first-order chi connectivity index (χ1) is 12.7. The first kappa shape index (κ1) is 18.4. The van der Waals surface area contributed by atoms with Crippen molar-refractivity contribution in [1.29, 1.82) is 0 Å². The molecule has 0 unspecified atom stereocenters. The maximum Gasteiger partial charge on any atom is 0.217 e. The van der Waals surface area contributed by atoms with Crippen LogP contribution in [-0.2, 0) is 11.3 Å². The molecular formula is C21H27N3O2. The first-order valence-corrected chi connectivity index (χ1v) is 9.19. The van der Waals surface area contributed by atoms with E-state index in [9.17, 15) is 4.79 Å². The average molecular weight is 353 g/mol. The van der Waals surface area contributed by atoms with Gasteiger partial charge in [0.25, 0.3) is 0 Å². The monoisotopic (exact) mass is 353 g/mol. The molecular weight excluding hydrogens is 326 g/mol. The van der Waals surface area contributed by atoms with E-state index in [1.54, 1.807) is 20.2 Å². The molecule has 1 atom stereocenters. The van der Waals surface area contributed by atoms with Crippen LogP contribution in [0.3, 0.4) is 0 Å². The van der Waals surface area contributed by atoms with Gasteiger partial charge in [-0.1, -0.05) is 18.2 Å². The number of pyridine rings is 1. The molecule has 26 heavy (non-hydrogen) atoms. The number of amides is 1. The van der Waals surface area contributed by atoms with Crippen LogP contribution in [0.2, 0.25) is 0 Å². The molecule has 1 N–H and O–H groups in total. The van der Waals surface area contributed by atoms with E-state index in [0.29, 0.717) is 5.92 Å². The summed E-state index contributed by atoms with van der Waals surface area (Å²) >= 11 is 0. The van der Waals surface area contributed by atoms with Gasteiger partial charge in [0.1, 0.15) is 5.75 Å².